The van der Waals surface area contributed by atoms with Gasteiger partial charge in [0.1, 0.15) is 0 Å². The van der Waals surface area contributed by atoms with Gasteiger partial charge in [-0.25, -0.2) is 0 Å². The molecule has 0 saturated carbocycles. The maximum absolute atomic E-state index is 12.5. The number of benzene rings is 2. The predicted octanol–water partition coefficient (Wildman–Crippen LogP) is 2.29. The van der Waals surface area contributed by atoms with Crippen LogP contribution >= 0.6 is 0 Å². The van der Waals surface area contributed by atoms with Crippen molar-refractivity contribution in [1.29, 1.82) is 0 Å². The van der Waals surface area contributed by atoms with E-state index in [1.54, 1.807) is 0 Å². The third-order valence-electron chi connectivity index (χ3n) is 5.27. The second-order valence-corrected chi connectivity index (χ2v) is 7.09. The molecule has 2 aromatic rings. The standard InChI is InChI=1S/C22H27N3O3/c26-22(19-3-7-21(8-4-19)25-11-15-28-16-12-25)23-17-18-1-5-20(6-2-18)24-9-13-27-14-10-24/h1-8H,9-17H2,(H,23,26). The van der Waals surface area contributed by atoms with E-state index in [4.69, 9.17) is 9.47 Å². The highest BCUT2D eigenvalue weighted by Gasteiger charge is 2.13. The minimum Gasteiger partial charge on any atom is -0.378 e. The lowest BCUT2D eigenvalue weighted by Crippen LogP contribution is -2.36. The van der Waals surface area contributed by atoms with E-state index in [9.17, 15) is 4.79 Å². The number of ether oxygens (including phenoxy) is 2. The van der Waals surface area contributed by atoms with Crippen molar-refractivity contribution in [1.82, 2.24) is 5.32 Å². The Labute approximate surface area is 166 Å². The van der Waals surface area contributed by atoms with Gasteiger partial charge in [0.15, 0.2) is 0 Å². The van der Waals surface area contributed by atoms with Gasteiger partial charge in [-0.2, -0.15) is 0 Å². The van der Waals surface area contributed by atoms with Crippen molar-refractivity contribution in [2.24, 2.45) is 0 Å². The Bertz CT molecular complexity index is 765. The molecule has 6 heteroatoms. The highest BCUT2D eigenvalue weighted by molar-refractivity contribution is 5.94. The van der Waals surface area contributed by atoms with Crippen molar-refractivity contribution >= 4 is 17.3 Å². The van der Waals surface area contributed by atoms with Crippen molar-refractivity contribution in [2.45, 2.75) is 6.54 Å². The zero-order valence-electron chi connectivity index (χ0n) is 16.1. The summed E-state index contributed by atoms with van der Waals surface area (Å²) >= 11 is 0. The highest BCUT2D eigenvalue weighted by Crippen LogP contribution is 2.18. The molecule has 148 valence electrons. The molecule has 0 unspecified atom stereocenters. The van der Waals surface area contributed by atoms with Crippen LogP contribution in [0.5, 0.6) is 0 Å². The molecule has 2 aliphatic heterocycles. The van der Waals surface area contributed by atoms with E-state index in [1.807, 2.05) is 24.3 Å². The number of nitrogens with zero attached hydrogens (tertiary/aromatic N) is 2. The van der Waals surface area contributed by atoms with Crippen LogP contribution in [0.2, 0.25) is 0 Å². The molecule has 28 heavy (non-hydrogen) atoms. The largest absolute Gasteiger partial charge is 0.378 e. The van der Waals surface area contributed by atoms with Gasteiger partial charge in [0.25, 0.3) is 5.91 Å². The molecule has 0 aromatic heterocycles. The van der Waals surface area contributed by atoms with Crippen LogP contribution in [0, 0.1) is 0 Å². The average molecular weight is 381 g/mol. The van der Waals surface area contributed by atoms with Gasteiger partial charge in [0.2, 0.25) is 0 Å². The van der Waals surface area contributed by atoms with Crippen LogP contribution in [0.15, 0.2) is 48.5 Å². The molecule has 2 aromatic carbocycles. The van der Waals surface area contributed by atoms with Crippen LogP contribution in [-0.2, 0) is 16.0 Å². The number of carbonyl (C=O) groups is 1. The minimum atomic E-state index is -0.0502. The van der Waals surface area contributed by atoms with E-state index in [0.717, 1.165) is 63.9 Å². The number of morpholine rings is 2. The Kier molecular flexibility index (Phi) is 6.09. The van der Waals surface area contributed by atoms with Crippen LogP contribution in [0.3, 0.4) is 0 Å². The summed E-state index contributed by atoms with van der Waals surface area (Å²) in [6.07, 6.45) is 0. The number of carbonyl (C=O) groups excluding carboxylic acids is 1. The van der Waals surface area contributed by atoms with Gasteiger partial charge in [-0.1, -0.05) is 12.1 Å². The molecule has 0 aliphatic carbocycles. The van der Waals surface area contributed by atoms with Gasteiger partial charge >= 0.3 is 0 Å². The zero-order valence-corrected chi connectivity index (χ0v) is 16.1. The summed E-state index contributed by atoms with van der Waals surface area (Å²) in [4.78, 5) is 17.1. The van der Waals surface area contributed by atoms with E-state index in [-0.39, 0.29) is 5.91 Å². The highest BCUT2D eigenvalue weighted by atomic mass is 16.5. The van der Waals surface area contributed by atoms with E-state index < -0.39 is 0 Å². The Morgan fingerprint density at radius 2 is 1.21 bits per heavy atom. The van der Waals surface area contributed by atoms with E-state index in [2.05, 4.69) is 39.4 Å². The van der Waals surface area contributed by atoms with Crippen molar-refractivity contribution in [3.8, 4) is 0 Å². The lowest BCUT2D eigenvalue weighted by molar-refractivity contribution is 0.0951. The molecule has 1 amide bonds. The van der Waals surface area contributed by atoms with Crippen molar-refractivity contribution in [2.75, 3.05) is 62.4 Å². The average Bonchev–Trinajstić information content (AvgIpc) is 2.79. The first-order chi connectivity index (χ1) is 13.8. The van der Waals surface area contributed by atoms with Crippen LogP contribution in [-0.4, -0.2) is 58.5 Å². The monoisotopic (exact) mass is 381 g/mol. The first-order valence-electron chi connectivity index (χ1n) is 9.92. The maximum atomic E-state index is 12.5. The summed E-state index contributed by atoms with van der Waals surface area (Å²) in [5.41, 5.74) is 4.12. The minimum absolute atomic E-state index is 0.0502. The Morgan fingerprint density at radius 1 is 0.750 bits per heavy atom. The van der Waals surface area contributed by atoms with E-state index >= 15 is 0 Å². The Balaban J connectivity index is 1.30. The quantitative estimate of drug-likeness (QED) is 0.861. The third-order valence-corrected chi connectivity index (χ3v) is 5.27. The maximum Gasteiger partial charge on any atom is 0.251 e. The van der Waals surface area contributed by atoms with Gasteiger partial charge in [-0.15, -0.1) is 0 Å². The van der Waals surface area contributed by atoms with E-state index in [1.165, 1.54) is 5.69 Å². The molecular formula is C22H27N3O3. The normalized spacial score (nSPS) is 17.4. The molecule has 0 bridgehead atoms. The number of hydrogen-bond donors (Lipinski definition) is 1. The number of hydrogen-bond acceptors (Lipinski definition) is 5. The van der Waals surface area contributed by atoms with Crippen LogP contribution < -0.4 is 15.1 Å². The molecule has 0 spiro atoms. The number of amides is 1. The fourth-order valence-corrected chi connectivity index (χ4v) is 3.58. The summed E-state index contributed by atoms with van der Waals surface area (Å²) in [6, 6.07) is 16.2. The number of rotatable bonds is 5. The van der Waals surface area contributed by atoms with Gasteiger partial charge < -0.3 is 24.6 Å². The van der Waals surface area contributed by atoms with Crippen molar-refractivity contribution < 1.29 is 14.3 Å². The summed E-state index contributed by atoms with van der Waals surface area (Å²) in [5.74, 6) is -0.0502. The molecule has 0 radical (unpaired) electrons. The second kappa shape index (κ2) is 9.08. The molecule has 2 aliphatic rings. The topological polar surface area (TPSA) is 54.0 Å². The zero-order chi connectivity index (χ0) is 19.2. The first kappa shape index (κ1) is 18.8. The predicted molar refractivity (Wildman–Crippen MR) is 110 cm³/mol. The fourth-order valence-electron chi connectivity index (χ4n) is 3.58. The molecule has 0 atom stereocenters. The third kappa shape index (κ3) is 4.64. The summed E-state index contributed by atoms with van der Waals surface area (Å²) in [5, 5.41) is 3.01. The van der Waals surface area contributed by atoms with Crippen LogP contribution in [0.25, 0.3) is 0 Å². The summed E-state index contributed by atoms with van der Waals surface area (Å²) < 4.78 is 10.8. The number of anilines is 2. The molecule has 2 heterocycles. The van der Waals surface area contributed by atoms with Crippen molar-refractivity contribution in [3.63, 3.8) is 0 Å². The van der Waals surface area contributed by atoms with Crippen LogP contribution in [0.1, 0.15) is 15.9 Å². The van der Waals surface area contributed by atoms with E-state index in [0.29, 0.717) is 12.1 Å². The summed E-state index contributed by atoms with van der Waals surface area (Å²) in [6.45, 7) is 7.24. The van der Waals surface area contributed by atoms with Gasteiger partial charge in [-0.3, -0.25) is 4.79 Å². The molecule has 1 N–H and O–H groups in total. The molecule has 2 saturated heterocycles. The van der Waals surface area contributed by atoms with Gasteiger partial charge in [-0.05, 0) is 42.0 Å². The number of nitrogens with one attached hydrogen (secondary N) is 1. The van der Waals surface area contributed by atoms with Crippen molar-refractivity contribution in [3.05, 3.63) is 59.7 Å². The molecular weight excluding hydrogens is 354 g/mol. The Hall–Kier alpha value is -2.57. The van der Waals surface area contributed by atoms with Gasteiger partial charge in [0.05, 0.1) is 26.4 Å². The smallest absolute Gasteiger partial charge is 0.251 e. The molecule has 6 nitrogen and oxygen atoms in total. The molecule has 4 rings (SSSR count). The Morgan fingerprint density at radius 3 is 1.71 bits per heavy atom. The SMILES string of the molecule is O=C(NCc1ccc(N2CCOCC2)cc1)c1ccc(N2CCOCC2)cc1. The second-order valence-electron chi connectivity index (χ2n) is 7.09. The van der Waals surface area contributed by atoms with Crippen LogP contribution in [0.4, 0.5) is 11.4 Å². The summed E-state index contributed by atoms with van der Waals surface area (Å²) in [7, 11) is 0. The lowest BCUT2D eigenvalue weighted by Gasteiger charge is -2.29. The fraction of sp³-hybridized carbons (Fsp3) is 0.409. The van der Waals surface area contributed by atoms with Gasteiger partial charge in [0, 0.05) is 49.7 Å². The first-order valence-corrected chi connectivity index (χ1v) is 9.92. The molecule has 2 fully saturated rings. The lowest BCUT2D eigenvalue weighted by atomic mass is 10.1.